The maximum Gasteiger partial charge on any atom is 0.277 e. The van der Waals surface area contributed by atoms with Crippen LogP contribution in [0.25, 0.3) is 0 Å². The zero-order chi connectivity index (χ0) is 20.5. The molecule has 0 spiro atoms. The number of amides is 1. The first-order valence-corrected chi connectivity index (χ1v) is 9.40. The molecule has 1 N–H and O–H groups in total. The third-order valence-electron chi connectivity index (χ3n) is 4.31. The molecular weight excluding hydrogens is 364 g/mol. The number of ether oxygens (including phenoxy) is 2. The lowest BCUT2D eigenvalue weighted by Gasteiger charge is -2.11. The van der Waals surface area contributed by atoms with Crippen LogP contribution < -0.4 is 14.9 Å². The Kier molecular flexibility index (Phi) is 7.00. The molecule has 0 radical (unpaired) electrons. The molecule has 3 aromatic rings. The van der Waals surface area contributed by atoms with Gasteiger partial charge in [-0.1, -0.05) is 60.7 Å². The molecule has 0 aromatic heterocycles. The van der Waals surface area contributed by atoms with Gasteiger partial charge in [0.25, 0.3) is 5.91 Å². The number of aryl methyl sites for hydroxylation is 2. The van der Waals surface area contributed by atoms with Crippen LogP contribution in [0.1, 0.15) is 22.3 Å². The predicted octanol–water partition coefficient (Wildman–Crippen LogP) is 4.41. The van der Waals surface area contributed by atoms with Crippen molar-refractivity contribution in [1.82, 2.24) is 5.43 Å². The third kappa shape index (κ3) is 5.94. The van der Waals surface area contributed by atoms with E-state index in [1.165, 1.54) is 0 Å². The van der Waals surface area contributed by atoms with Crippen LogP contribution in [0.4, 0.5) is 0 Å². The second-order valence-corrected chi connectivity index (χ2v) is 6.61. The smallest absolute Gasteiger partial charge is 0.277 e. The van der Waals surface area contributed by atoms with E-state index in [2.05, 4.69) is 10.5 Å². The van der Waals surface area contributed by atoms with Crippen LogP contribution in [0.5, 0.6) is 11.5 Å². The van der Waals surface area contributed by atoms with Crippen molar-refractivity contribution in [3.63, 3.8) is 0 Å². The van der Waals surface area contributed by atoms with Crippen LogP contribution in [0, 0.1) is 13.8 Å². The van der Waals surface area contributed by atoms with Crippen LogP contribution in [0.3, 0.4) is 0 Å². The SMILES string of the molecule is Cc1cccc(C)c1OCC(=O)N/N=C\c1ccccc1OCc1ccccc1. The highest BCUT2D eigenvalue weighted by Crippen LogP contribution is 2.22. The Hall–Kier alpha value is -3.60. The maximum atomic E-state index is 12.0. The van der Waals surface area contributed by atoms with Crippen molar-refractivity contribution in [2.45, 2.75) is 20.5 Å². The fourth-order valence-corrected chi connectivity index (χ4v) is 2.82. The van der Waals surface area contributed by atoms with Gasteiger partial charge in [0, 0.05) is 5.56 Å². The van der Waals surface area contributed by atoms with Crippen molar-refractivity contribution >= 4 is 12.1 Å². The van der Waals surface area contributed by atoms with E-state index in [1.54, 1.807) is 6.21 Å². The van der Waals surface area contributed by atoms with Crippen molar-refractivity contribution in [2.75, 3.05) is 6.61 Å². The Morgan fingerprint density at radius 1 is 0.897 bits per heavy atom. The van der Waals surface area contributed by atoms with Gasteiger partial charge in [-0.25, -0.2) is 5.43 Å². The van der Waals surface area contributed by atoms with Crippen molar-refractivity contribution in [3.8, 4) is 11.5 Å². The van der Waals surface area contributed by atoms with Gasteiger partial charge >= 0.3 is 0 Å². The van der Waals surface area contributed by atoms with E-state index in [0.717, 1.165) is 28.0 Å². The van der Waals surface area contributed by atoms with Gasteiger partial charge in [-0.2, -0.15) is 5.10 Å². The first-order valence-electron chi connectivity index (χ1n) is 9.40. The standard InChI is InChI=1S/C24H24N2O3/c1-18-9-8-10-19(2)24(18)29-17-23(27)26-25-15-21-13-6-7-14-22(21)28-16-20-11-4-3-5-12-20/h3-15H,16-17H2,1-2H3,(H,26,27)/b25-15-. The summed E-state index contributed by atoms with van der Waals surface area (Å²) in [6.45, 7) is 4.26. The molecule has 3 rings (SSSR count). The van der Waals surface area contributed by atoms with E-state index < -0.39 is 0 Å². The molecule has 0 saturated heterocycles. The summed E-state index contributed by atoms with van der Waals surface area (Å²) in [5, 5.41) is 4.03. The minimum absolute atomic E-state index is 0.102. The second-order valence-electron chi connectivity index (χ2n) is 6.61. The number of carbonyl (C=O) groups excluding carboxylic acids is 1. The van der Waals surface area contributed by atoms with Crippen molar-refractivity contribution in [1.29, 1.82) is 0 Å². The van der Waals surface area contributed by atoms with Crippen molar-refractivity contribution < 1.29 is 14.3 Å². The number of nitrogens with one attached hydrogen (secondary N) is 1. The van der Waals surface area contributed by atoms with Gasteiger partial charge in [0.2, 0.25) is 0 Å². The second kappa shape index (κ2) is 10.1. The van der Waals surface area contributed by atoms with Gasteiger partial charge in [0.1, 0.15) is 18.1 Å². The van der Waals surface area contributed by atoms with E-state index >= 15 is 0 Å². The minimum Gasteiger partial charge on any atom is -0.488 e. The summed E-state index contributed by atoms with van der Waals surface area (Å²) >= 11 is 0. The lowest BCUT2D eigenvalue weighted by atomic mass is 10.1. The summed E-state index contributed by atoms with van der Waals surface area (Å²) in [6, 6.07) is 23.3. The lowest BCUT2D eigenvalue weighted by molar-refractivity contribution is -0.123. The molecule has 5 heteroatoms. The number of carbonyl (C=O) groups is 1. The highest BCUT2D eigenvalue weighted by atomic mass is 16.5. The number of nitrogens with zero attached hydrogens (tertiary/aromatic N) is 1. The summed E-state index contributed by atoms with van der Waals surface area (Å²) in [7, 11) is 0. The monoisotopic (exact) mass is 388 g/mol. The summed E-state index contributed by atoms with van der Waals surface area (Å²) in [5.41, 5.74) is 6.33. The molecule has 1 amide bonds. The first kappa shape index (κ1) is 20.1. The fourth-order valence-electron chi connectivity index (χ4n) is 2.82. The molecule has 5 nitrogen and oxygen atoms in total. The molecule has 0 aliphatic carbocycles. The summed E-state index contributed by atoms with van der Waals surface area (Å²) < 4.78 is 11.5. The van der Waals surface area contributed by atoms with Gasteiger partial charge in [-0.3, -0.25) is 4.79 Å². The number of benzene rings is 3. The van der Waals surface area contributed by atoms with E-state index in [4.69, 9.17) is 9.47 Å². The highest BCUT2D eigenvalue weighted by molar-refractivity contribution is 5.85. The van der Waals surface area contributed by atoms with Crippen LogP contribution in [-0.4, -0.2) is 18.7 Å². The quantitative estimate of drug-likeness (QED) is 0.459. The third-order valence-corrected chi connectivity index (χ3v) is 4.31. The number of hydrogen-bond donors (Lipinski definition) is 1. The van der Waals surface area contributed by atoms with Crippen LogP contribution in [0.15, 0.2) is 77.9 Å². The molecule has 0 aliphatic heterocycles. The number of hydrogen-bond acceptors (Lipinski definition) is 4. The molecule has 0 bridgehead atoms. The molecule has 0 saturated carbocycles. The van der Waals surface area contributed by atoms with Gasteiger partial charge in [0.05, 0.1) is 6.21 Å². The van der Waals surface area contributed by atoms with E-state index in [1.807, 2.05) is 86.6 Å². The van der Waals surface area contributed by atoms with Crippen LogP contribution in [0.2, 0.25) is 0 Å². The zero-order valence-corrected chi connectivity index (χ0v) is 16.6. The molecule has 3 aromatic carbocycles. The summed E-state index contributed by atoms with van der Waals surface area (Å²) in [4.78, 5) is 12.0. The Morgan fingerprint density at radius 3 is 2.34 bits per heavy atom. The topological polar surface area (TPSA) is 59.9 Å². The predicted molar refractivity (Wildman–Crippen MR) is 114 cm³/mol. The molecule has 148 valence electrons. The molecule has 0 heterocycles. The van der Waals surface area contributed by atoms with Gasteiger partial charge in [0.15, 0.2) is 6.61 Å². The average Bonchev–Trinajstić information content (AvgIpc) is 2.73. The highest BCUT2D eigenvalue weighted by Gasteiger charge is 2.07. The van der Waals surface area contributed by atoms with Gasteiger partial charge in [-0.15, -0.1) is 0 Å². The van der Waals surface area contributed by atoms with E-state index in [-0.39, 0.29) is 12.5 Å². The van der Waals surface area contributed by atoms with E-state index in [0.29, 0.717) is 12.4 Å². The number of rotatable bonds is 8. The first-order chi connectivity index (χ1) is 14.1. The Balaban J connectivity index is 1.54. The van der Waals surface area contributed by atoms with Crippen molar-refractivity contribution in [2.24, 2.45) is 5.10 Å². The molecule has 0 unspecified atom stereocenters. The summed E-state index contributed by atoms with van der Waals surface area (Å²) in [6.07, 6.45) is 1.57. The fraction of sp³-hybridized carbons (Fsp3) is 0.167. The minimum atomic E-state index is -0.327. The van der Waals surface area contributed by atoms with E-state index in [9.17, 15) is 4.79 Å². The van der Waals surface area contributed by atoms with Gasteiger partial charge in [-0.05, 0) is 42.7 Å². The Bertz CT molecular complexity index is 964. The number of hydrazone groups is 1. The Morgan fingerprint density at radius 2 is 1.59 bits per heavy atom. The molecule has 29 heavy (non-hydrogen) atoms. The molecule has 0 aliphatic rings. The molecular formula is C24H24N2O3. The van der Waals surface area contributed by atoms with Gasteiger partial charge < -0.3 is 9.47 Å². The normalized spacial score (nSPS) is 10.7. The average molecular weight is 388 g/mol. The Labute approximate surface area is 171 Å². The number of para-hydroxylation sites is 2. The largest absolute Gasteiger partial charge is 0.488 e. The lowest BCUT2D eigenvalue weighted by Crippen LogP contribution is -2.25. The molecule has 0 fully saturated rings. The maximum absolute atomic E-state index is 12.0. The van der Waals surface area contributed by atoms with Crippen LogP contribution in [-0.2, 0) is 11.4 Å². The zero-order valence-electron chi connectivity index (χ0n) is 16.6. The van der Waals surface area contributed by atoms with Crippen molar-refractivity contribution in [3.05, 3.63) is 95.1 Å². The molecule has 0 atom stereocenters. The van der Waals surface area contributed by atoms with Crippen LogP contribution >= 0.6 is 0 Å². The summed E-state index contributed by atoms with van der Waals surface area (Å²) in [5.74, 6) is 1.10.